The molecule has 4 nitrogen and oxygen atoms in total. The molecule has 1 aliphatic carbocycles. The second kappa shape index (κ2) is 7.43. The van der Waals surface area contributed by atoms with Crippen molar-refractivity contribution in [2.45, 2.75) is 77.9 Å². The van der Waals surface area contributed by atoms with Gasteiger partial charge in [-0.1, -0.05) is 26.7 Å². The van der Waals surface area contributed by atoms with E-state index in [-0.39, 0.29) is 5.91 Å². The molecule has 1 aromatic carbocycles. The van der Waals surface area contributed by atoms with Gasteiger partial charge in [-0.3, -0.25) is 9.69 Å². The van der Waals surface area contributed by atoms with Crippen LogP contribution in [0.3, 0.4) is 0 Å². The number of rotatable bonds is 5. The summed E-state index contributed by atoms with van der Waals surface area (Å²) >= 11 is 0. The van der Waals surface area contributed by atoms with Gasteiger partial charge >= 0.3 is 0 Å². The number of hydrogen-bond acceptors (Lipinski definition) is 2. The van der Waals surface area contributed by atoms with Gasteiger partial charge in [-0.2, -0.15) is 0 Å². The zero-order valence-electron chi connectivity index (χ0n) is 16.2. The van der Waals surface area contributed by atoms with Crippen molar-refractivity contribution in [2.24, 2.45) is 0 Å². The Morgan fingerprint density at radius 1 is 1.23 bits per heavy atom. The summed E-state index contributed by atoms with van der Waals surface area (Å²) in [6.45, 7) is 7.49. The number of aryl methyl sites for hydroxylation is 1. The minimum Gasteiger partial charge on any atom is -0.344 e. The number of nitrogens with zero attached hydrogens (tertiary/aromatic N) is 2. The van der Waals surface area contributed by atoms with Gasteiger partial charge in [0.15, 0.2) is 0 Å². The summed E-state index contributed by atoms with van der Waals surface area (Å²) < 4.78 is 2.53. The number of amides is 1. The van der Waals surface area contributed by atoms with Crippen molar-refractivity contribution in [3.63, 3.8) is 0 Å². The summed E-state index contributed by atoms with van der Waals surface area (Å²) in [7, 11) is 0. The molecule has 1 aliphatic heterocycles. The van der Waals surface area contributed by atoms with Crippen LogP contribution in [0.15, 0.2) is 18.2 Å². The van der Waals surface area contributed by atoms with Crippen molar-refractivity contribution >= 4 is 22.5 Å². The lowest BCUT2D eigenvalue weighted by Crippen LogP contribution is -2.38. The molecule has 1 N–H and O–H groups in total. The Bertz CT molecular complexity index is 801. The van der Waals surface area contributed by atoms with Gasteiger partial charge in [-0.05, 0) is 43.0 Å². The first-order valence-electron chi connectivity index (χ1n) is 10.4. The molecule has 1 aromatic heterocycles. The number of nitrogens with one attached hydrogen (secondary N) is 1. The molecule has 4 heteroatoms. The molecule has 4 rings (SSSR count). The Kier molecular flexibility index (Phi) is 5.03. The summed E-state index contributed by atoms with van der Waals surface area (Å²) in [6.07, 6.45) is 8.32. The molecule has 0 bridgehead atoms. The van der Waals surface area contributed by atoms with Crippen molar-refractivity contribution in [3.8, 4) is 0 Å². The third-order valence-corrected chi connectivity index (χ3v) is 6.18. The summed E-state index contributed by atoms with van der Waals surface area (Å²) in [4.78, 5) is 14.5. The van der Waals surface area contributed by atoms with E-state index >= 15 is 0 Å². The maximum atomic E-state index is 11.8. The van der Waals surface area contributed by atoms with Crippen LogP contribution < -0.4 is 5.32 Å². The first-order chi connectivity index (χ1) is 12.7. The SMILES string of the molecule is CCCn1c2c(c3cc(NC(=O)CC)ccc31)CN(C1CCCC1)CC2. The molecule has 140 valence electrons. The summed E-state index contributed by atoms with van der Waals surface area (Å²) in [6, 6.07) is 7.23. The van der Waals surface area contributed by atoms with Crippen molar-refractivity contribution < 1.29 is 4.79 Å². The van der Waals surface area contributed by atoms with Gasteiger partial charge in [0, 0.05) is 60.8 Å². The lowest BCUT2D eigenvalue weighted by atomic mass is 10.0. The van der Waals surface area contributed by atoms with Crippen LogP contribution >= 0.6 is 0 Å². The second-order valence-corrected chi connectivity index (χ2v) is 7.87. The van der Waals surface area contributed by atoms with Crippen molar-refractivity contribution in [3.05, 3.63) is 29.5 Å². The number of carbonyl (C=O) groups is 1. The van der Waals surface area contributed by atoms with Gasteiger partial charge in [-0.15, -0.1) is 0 Å². The maximum absolute atomic E-state index is 11.8. The molecule has 2 heterocycles. The third-order valence-electron chi connectivity index (χ3n) is 6.18. The summed E-state index contributed by atoms with van der Waals surface area (Å²) in [5.74, 6) is 0.0822. The van der Waals surface area contributed by atoms with Gasteiger partial charge in [0.1, 0.15) is 0 Å². The van der Waals surface area contributed by atoms with Crippen LogP contribution in [0, 0.1) is 0 Å². The lowest BCUT2D eigenvalue weighted by Gasteiger charge is -2.33. The first-order valence-corrected chi connectivity index (χ1v) is 10.4. The first kappa shape index (κ1) is 17.6. The molecule has 0 saturated heterocycles. The molecule has 0 spiro atoms. The van der Waals surface area contributed by atoms with Crippen LogP contribution in [0.1, 0.15) is 63.6 Å². The zero-order chi connectivity index (χ0) is 18.1. The Hall–Kier alpha value is -1.81. The van der Waals surface area contributed by atoms with Crippen LogP contribution in [-0.2, 0) is 24.3 Å². The largest absolute Gasteiger partial charge is 0.344 e. The highest BCUT2D eigenvalue weighted by atomic mass is 16.1. The van der Waals surface area contributed by atoms with E-state index in [4.69, 9.17) is 0 Å². The van der Waals surface area contributed by atoms with Crippen molar-refractivity contribution in [1.29, 1.82) is 0 Å². The Balaban J connectivity index is 1.73. The fourth-order valence-electron chi connectivity index (χ4n) is 4.86. The highest BCUT2D eigenvalue weighted by Crippen LogP contribution is 2.35. The topological polar surface area (TPSA) is 37.3 Å². The minimum absolute atomic E-state index is 0.0822. The standard InChI is InChI=1S/C22H31N3O/c1-3-12-25-20-10-9-16(23-22(26)4-2)14-18(20)19-15-24(13-11-21(19)25)17-7-5-6-8-17/h9-10,14,17H,3-8,11-13,15H2,1-2H3,(H,23,26). The fourth-order valence-corrected chi connectivity index (χ4v) is 4.86. The average molecular weight is 354 g/mol. The van der Waals surface area contributed by atoms with E-state index in [1.807, 2.05) is 6.92 Å². The Labute approximate surface area is 156 Å². The molecular weight excluding hydrogens is 322 g/mol. The van der Waals surface area contributed by atoms with Gasteiger partial charge in [-0.25, -0.2) is 0 Å². The van der Waals surface area contributed by atoms with E-state index in [2.05, 4.69) is 39.9 Å². The molecule has 1 amide bonds. The van der Waals surface area contributed by atoms with E-state index in [9.17, 15) is 4.79 Å². The number of hydrogen-bond donors (Lipinski definition) is 1. The molecule has 2 aliphatic rings. The number of benzene rings is 1. The highest BCUT2D eigenvalue weighted by Gasteiger charge is 2.29. The van der Waals surface area contributed by atoms with E-state index in [1.165, 1.54) is 54.4 Å². The zero-order valence-corrected chi connectivity index (χ0v) is 16.2. The molecule has 0 unspecified atom stereocenters. The van der Waals surface area contributed by atoms with Crippen LogP contribution in [0.25, 0.3) is 10.9 Å². The van der Waals surface area contributed by atoms with Gasteiger partial charge in [0.25, 0.3) is 0 Å². The fraction of sp³-hybridized carbons (Fsp3) is 0.591. The predicted molar refractivity (Wildman–Crippen MR) is 108 cm³/mol. The van der Waals surface area contributed by atoms with E-state index in [1.54, 1.807) is 0 Å². The van der Waals surface area contributed by atoms with Crippen molar-refractivity contribution in [1.82, 2.24) is 9.47 Å². The highest BCUT2D eigenvalue weighted by molar-refractivity contribution is 5.95. The predicted octanol–water partition coefficient (Wildman–Crippen LogP) is 4.70. The second-order valence-electron chi connectivity index (χ2n) is 7.87. The molecule has 26 heavy (non-hydrogen) atoms. The quantitative estimate of drug-likeness (QED) is 0.846. The van der Waals surface area contributed by atoms with Gasteiger partial charge < -0.3 is 9.88 Å². The molecule has 0 atom stereocenters. The van der Waals surface area contributed by atoms with Crippen LogP contribution in [-0.4, -0.2) is 28.0 Å². The van der Waals surface area contributed by atoms with Crippen LogP contribution in [0.4, 0.5) is 5.69 Å². The summed E-state index contributed by atoms with van der Waals surface area (Å²) in [5, 5.41) is 4.37. The molecule has 1 fully saturated rings. The summed E-state index contributed by atoms with van der Waals surface area (Å²) in [5.41, 5.74) is 5.28. The maximum Gasteiger partial charge on any atom is 0.224 e. The number of aromatic nitrogens is 1. The molecule has 0 radical (unpaired) electrons. The smallest absolute Gasteiger partial charge is 0.224 e. The van der Waals surface area contributed by atoms with E-state index in [0.29, 0.717) is 6.42 Å². The Morgan fingerprint density at radius 3 is 2.77 bits per heavy atom. The van der Waals surface area contributed by atoms with Gasteiger partial charge in [0.2, 0.25) is 5.91 Å². The number of anilines is 1. The minimum atomic E-state index is 0.0822. The number of carbonyl (C=O) groups excluding carboxylic acids is 1. The molecule has 1 saturated carbocycles. The van der Waals surface area contributed by atoms with E-state index in [0.717, 1.165) is 37.7 Å². The molecule has 2 aromatic rings. The van der Waals surface area contributed by atoms with Crippen molar-refractivity contribution in [2.75, 3.05) is 11.9 Å². The average Bonchev–Trinajstić information content (AvgIpc) is 3.29. The lowest BCUT2D eigenvalue weighted by molar-refractivity contribution is -0.115. The third kappa shape index (κ3) is 3.16. The van der Waals surface area contributed by atoms with Gasteiger partial charge in [0.05, 0.1) is 0 Å². The Morgan fingerprint density at radius 2 is 2.04 bits per heavy atom. The number of fused-ring (bicyclic) bond motifs is 3. The van der Waals surface area contributed by atoms with Crippen LogP contribution in [0.5, 0.6) is 0 Å². The van der Waals surface area contributed by atoms with E-state index < -0.39 is 0 Å². The normalized spacial score (nSPS) is 18.4. The monoisotopic (exact) mass is 353 g/mol. The van der Waals surface area contributed by atoms with Crippen LogP contribution in [0.2, 0.25) is 0 Å². The molecular formula is C22H31N3O.